The van der Waals surface area contributed by atoms with E-state index in [1.54, 1.807) is 5.56 Å². The molecule has 2 aliphatic carbocycles. The van der Waals surface area contributed by atoms with E-state index in [2.05, 4.69) is 55.5 Å². The van der Waals surface area contributed by atoms with E-state index in [-0.39, 0.29) is 0 Å². The molecule has 4 atom stereocenters. The highest BCUT2D eigenvalue weighted by molar-refractivity contribution is 5.32. The first-order chi connectivity index (χ1) is 9.70. The van der Waals surface area contributed by atoms with Crippen molar-refractivity contribution in [2.45, 2.75) is 44.7 Å². The van der Waals surface area contributed by atoms with Gasteiger partial charge in [-0.05, 0) is 62.7 Å². The molecule has 2 aliphatic rings. The van der Waals surface area contributed by atoms with Crippen LogP contribution >= 0.6 is 0 Å². The summed E-state index contributed by atoms with van der Waals surface area (Å²) in [6.07, 6.45) is 5.28. The van der Waals surface area contributed by atoms with Crippen molar-refractivity contribution in [3.63, 3.8) is 0 Å². The topological polar surface area (TPSA) is 15.3 Å². The zero-order chi connectivity index (χ0) is 14.1. The first-order valence-electron chi connectivity index (χ1n) is 8.16. The minimum absolute atomic E-state index is 0.479. The van der Waals surface area contributed by atoms with Crippen molar-refractivity contribution in [3.05, 3.63) is 35.4 Å². The molecule has 0 spiro atoms. The van der Waals surface area contributed by atoms with E-state index >= 15 is 0 Å². The molecule has 0 radical (unpaired) electrons. The molecule has 1 aromatic carbocycles. The van der Waals surface area contributed by atoms with Gasteiger partial charge in [0, 0.05) is 18.6 Å². The van der Waals surface area contributed by atoms with Crippen LogP contribution in [0.2, 0.25) is 0 Å². The molecule has 2 nitrogen and oxygen atoms in total. The van der Waals surface area contributed by atoms with E-state index in [1.165, 1.54) is 37.8 Å². The molecule has 4 unspecified atom stereocenters. The van der Waals surface area contributed by atoms with Crippen molar-refractivity contribution < 1.29 is 0 Å². The van der Waals surface area contributed by atoms with Crippen LogP contribution in [0.3, 0.4) is 0 Å². The summed E-state index contributed by atoms with van der Waals surface area (Å²) < 4.78 is 0. The van der Waals surface area contributed by atoms with Gasteiger partial charge in [0.15, 0.2) is 0 Å². The summed E-state index contributed by atoms with van der Waals surface area (Å²) >= 11 is 0. The molecule has 0 saturated heterocycles. The lowest BCUT2D eigenvalue weighted by Gasteiger charge is -2.34. The minimum atomic E-state index is 0.479. The number of benzene rings is 1. The van der Waals surface area contributed by atoms with Crippen molar-refractivity contribution in [1.29, 1.82) is 0 Å². The fraction of sp³-hybridized carbons (Fsp3) is 0.667. The second kappa shape index (κ2) is 5.87. The number of rotatable bonds is 4. The molecule has 0 amide bonds. The van der Waals surface area contributed by atoms with Crippen LogP contribution in [0.4, 0.5) is 0 Å². The fourth-order valence-electron chi connectivity index (χ4n) is 3.92. The van der Waals surface area contributed by atoms with Gasteiger partial charge in [0.1, 0.15) is 0 Å². The average Bonchev–Trinajstić information content (AvgIpc) is 3.17. The van der Waals surface area contributed by atoms with Crippen LogP contribution in [-0.2, 0) is 6.42 Å². The summed E-state index contributed by atoms with van der Waals surface area (Å²) in [5.41, 5.74) is 3.07. The van der Waals surface area contributed by atoms with Gasteiger partial charge in [0.25, 0.3) is 0 Å². The molecule has 1 N–H and O–H groups in total. The van der Waals surface area contributed by atoms with Gasteiger partial charge in [-0.1, -0.05) is 31.2 Å². The summed E-state index contributed by atoms with van der Waals surface area (Å²) in [6.45, 7) is 3.66. The van der Waals surface area contributed by atoms with Crippen LogP contribution in [0.25, 0.3) is 0 Å². The molecule has 1 aromatic rings. The maximum absolute atomic E-state index is 3.59. The number of likely N-dealkylation sites (N-methyl/N-ethyl adjacent to an activating group) is 2. The summed E-state index contributed by atoms with van der Waals surface area (Å²) in [5.74, 6) is 1.89. The molecule has 2 heteroatoms. The fourth-order valence-corrected chi connectivity index (χ4v) is 3.92. The Hall–Kier alpha value is -0.860. The van der Waals surface area contributed by atoms with Gasteiger partial charge >= 0.3 is 0 Å². The Morgan fingerprint density at radius 2 is 2.05 bits per heavy atom. The van der Waals surface area contributed by atoms with E-state index in [0.29, 0.717) is 12.1 Å². The third-order valence-electron chi connectivity index (χ3n) is 5.40. The Labute approximate surface area is 123 Å². The summed E-state index contributed by atoms with van der Waals surface area (Å²) in [6, 6.07) is 10.1. The average molecular weight is 272 g/mol. The zero-order valence-electron chi connectivity index (χ0n) is 13.1. The molecular formula is C18H28N2. The first-order valence-corrected chi connectivity index (χ1v) is 8.16. The molecule has 0 aliphatic heterocycles. The Bertz CT molecular complexity index is 456. The highest BCUT2D eigenvalue weighted by Gasteiger charge is 2.36. The molecule has 1 fully saturated rings. The second-order valence-electron chi connectivity index (χ2n) is 6.84. The van der Waals surface area contributed by atoms with E-state index in [9.17, 15) is 0 Å². The maximum Gasteiger partial charge on any atom is 0.0478 e. The monoisotopic (exact) mass is 272 g/mol. The van der Waals surface area contributed by atoms with E-state index in [0.717, 1.165) is 11.8 Å². The van der Waals surface area contributed by atoms with Crippen LogP contribution < -0.4 is 5.32 Å². The predicted octanol–water partition coefficient (Wildman–Crippen LogP) is 3.24. The van der Waals surface area contributed by atoms with Gasteiger partial charge in [-0.2, -0.15) is 0 Å². The Balaban J connectivity index is 1.79. The summed E-state index contributed by atoms with van der Waals surface area (Å²) in [5, 5.41) is 3.59. The van der Waals surface area contributed by atoms with Crippen molar-refractivity contribution >= 4 is 0 Å². The van der Waals surface area contributed by atoms with E-state index in [1.807, 2.05) is 0 Å². The highest BCUT2D eigenvalue weighted by Crippen LogP contribution is 2.40. The number of aryl methyl sites for hydroxylation is 1. The van der Waals surface area contributed by atoms with Gasteiger partial charge in [0.2, 0.25) is 0 Å². The van der Waals surface area contributed by atoms with Crippen LogP contribution in [0.1, 0.15) is 43.4 Å². The van der Waals surface area contributed by atoms with Gasteiger partial charge in [0.05, 0.1) is 0 Å². The first kappa shape index (κ1) is 14.1. The standard InChI is InChI=1S/C18H28N2/c1-13-11-15(13)12-20(3)17-10-6-8-14-7-4-5-9-16(14)18(17)19-2/h4-5,7,9,13,15,17-19H,6,8,10-12H2,1-3H3. The maximum atomic E-state index is 3.59. The Kier molecular flexibility index (Phi) is 4.13. The Morgan fingerprint density at radius 1 is 1.30 bits per heavy atom. The van der Waals surface area contributed by atoms with Crippen LogP contribution in [0, 0.1) is 11.8 Å². The van der Waals surface area contributed by atoms with Gasteiger partial charge in [-0.3, -0.25) is 0 Å². The molecule has 0 heterocycles. The van der Waals surface area contributed by atoms with Gasteiger partial charge < -0.3 is 10.2 Å². The van der Waals surface area contributed by atoms with Crippen molar-refractivity contribution in [3.8, 4) is 0 Å². The quantitative estimate of drug-likeness (QED) is 0.847. The zero-order valence-corrected chi connectivity index (χ0v) is 13.1. The molecule has 110 valence electrons. The molecule has 0 bridgehead atoms. The molecule has 1 saturated carbocycles. The number of hydrogen-bond acceptors (Lipinski definition) is 2. The molecule has 0 aromatic heterocycles. The van der Waals surface area contributed by atoms with E-state index < -0.39 is 0 Å². The predicted molar refractivity (Wildman–Crippen MR) is 84.9 cm³/mol. The van der Waals surface area contributed by atoms with Crippen molar-refractivity contribution in [1.82, 2.24) is 10.2 Å². The highest BCUT2D eigenvalue weighted by atomic mass is 15.2. The van der Waals surface area contributed by atoms with Crippen LogP contribution in [0.15, 0.2) is 24.3 Å². The number of nitrogens with one attached hydrogen (secondary N) is 1. The normalized spacial score (nSPS) is 32.8. The van der Waals surface area contributed by atoms with Crippen LogP contribution in [-0.4, -0.2) is 31.6 Å². The third-order valence-corrected chi connectivity index (χ3v) is 5.40. The Morgan fingerprint density at radius 3 is 2.75 bits per heavy atom. The van der Waals surface area contributed by atoms with Crippen molar-refractivity contribution in [2.75, 3.05) is 20.6 Å². The lowest BCUT2D eigenvalue weighted by molar-refractivity contribution is 0.178. The SMILES string of the molecule is CNC1c2ccccc2CCCC1N(C)CC1CC1C. The largest absolute Gasteiger partial charge is 0.312 e. The molecule has 3 rings (SSSR count). The number of nitrogens with zero attached hydrogens (tertiary/aromatic N) is 1. The summed E-state index contributed by atoms with van der Waals surface area (Å²) in [7, 11) is 4.45. The molecule has 20 heavy (non-hydrogen) atoms. The minimum Gasteiger partial charge on any atom is -0.312 e. The second-order valence-corrected chi connectivity index (χ2v) is 6.84. The smallest absolute Gasteiger partial charge is 0.0478 e. The lowest BCUT2D eigenvalue weighted by atomic mass is 9.95. The van der Waals surface area contributed by atoms with Crippen molar-refractivity contribution in [2.24, 2.45) is 11.8 Å². The van der Waals surface area contributed by atoms with Crippen LogP contribution in [0.5, 0.6) is 0 Å². The molecular weight excluding hydrogens is 244 g/mol. The summed E-state index contributed by atoms with van der Waals surface area (Å²) in [4.78, 5) is 2.62. The van der Waals surface area contributed by atoms with Gasteiger partial charge in [-0.25, -0.2) is 0 Å². The lowest BCUT2D eigenvalue weighted by Crippen LogP contribution is -2.42. The van der Waals surface area contributed by atoms with Gasteiger partial charge in [-0.15, -0.1) is 0 Å². The third kappa shape index (κ3) is 2.77. The number of fused-ring (bicyclic) bond motifs is 1. The number of hydrogen-bond donors (Lipinski definition) is 1. The van der Waals surface area contributed by atoms with E-state index in [4.69, 9.17) is 0 Å².